The molecule has 0 bridgehead atoms. The zero-order valence-electron chi connectivity index (χ0n) is 9.47. The highest BCUT2D eigenvalue weighted by molar-refractivity contribution is 5.89. The maximum absolute atomic E-state index is 13.6. The van der Waals surface area contributed by atoms with Gasteiger partial charge in [0.05, 0.1) is 11.6 Å². The van der Waals surface area contributed by atoms with Gasteiger partial charge in [0.1, 0.15) is 11.6 Å². The molecule has 0 aliphatic rings. The van der Waals surface area contributed by atoms with Crippen molar-refractivity contribution in [1.29, 1.82) is 5.26 Å². The molecule has 2 rings (SSSR count). The highest BCUT2D eigenvalue weighted by Gasteiger charge is 2.06. The van der Waals surface area contributed by atoms with Crippen LogP contribution in [0.3, 0.4) is 0 Å². The van der Waals surface area contributed by atoms with E-state index in [1.165, 1.54) is 18.2 Å². The molecule has 0 aliphatic carbocycles. The molecule has 0 spiro atoms. The first kappa shape index (κ1) is 11.9. The fraction of sp³-hybridized carbons (Fsp3) is 0. The molecule has 0 atom stereocenters. The smallest absolute Gasteiger partial charge is 0.131 e. The molecular weight excluding hydrogens is 229 g/mol. The molecule has 88 valence electrons. The Morgan fingerprint density at radius 3 is 2.39 bits per heavy atom. The molecule has 0 heterocycles. The SMILES string of the molecule is N#C/C(=C/c1ccc(O)cc1)c1ccccc1F. The summed E-state index contributed by atoms with van der Waals surface area (Å²) >= 11 is 0. The minimum atomic E-state index is -0.427. The monoisotopic (exact) mass is 239 g/mol. The lowest BCUT2D eigenvalue weighted by atomic mass is 10.0. The number of aromatic hydroxyl groups is 1. The molecule has 0 saturated heterocycles. The van der Waals surface area contributed by atoms with Crippen molar-refractivity contribution in [2.24, 2.45) is 0 Å². The number of phenolic OH excluding ortho intramolecular Hbond substituents is 1. The van der Waals surface area contributed by atoms with Gasteiger partial charge >= 0.3 is 0 Å². The van der Waals surface area contributed by atoms with Crippen LogP contribution in [0.4, 0.5) is 4.39 Å². The van der Waals surface area contributed by atoms with Gasteiger partial charge in [-0.25, -0.2) is 4.39 Å². The topological polar surface area (TPSA) is 44.0 Å². The van der Waals surface area contributed by atoms with E-state index in [-0.39, 0.29) is 16.9 Å². The number of rotatable bonds is 2. The van der Waals surface area contributed by atoms with Crippen LogP contribution in [0.25, 0.3) is 11.6 Å². The summed E-state index contributed by atoms with van der Waals surface area (Å²) in [4.78, 5) is 0. The van der Waals surface area contributed by atoms with Crippen LogP contribution in [-0.2, 0) is 0 Å². The van der Waals surface area contributed by atoms with E-state index in [0.29, 0.717) is 0 Å². The molecule has 0 radical (unpaired) electrons. The lowest BCUT2D eigenvalue weighted by Crippen LogP contribution is -1.87. The molecule has 1 N–H and O–H groups in total. The Kier molecular flexibility index (Phi) is 3.40. The van der Waals surface area contributed by atoms with E-state index >= 15 is 0 Å². The summed E-state index contributed by atoms with van der Waals surface area (Å²) in [7, 11) is 0. The summed E-state index contributed by atoms with van der Waals surface area (Å²) in [5.74, 6) is -0.277. The van der Waals surface area contributed by atoms with Gasteiger partial charge in [0, 0.05) is 5.56 Å². The third-order valence-corrected chi connectivity index (χ3v) is 2.49. The minimum Gasteiger partial charge on any atom is -0.508 e. The van der Waals surface area contributed by atoms with Crippen LogP contribution < -0.4 is 0 Å². The van der Waals surface area contributed by atoms with Crippen molar-refractivity contribution in [2.75, 3.05) is 0 Å². The van der Waals surface area contributed by atoms with Crippen LogP contribution >= 0.6 is 0 Å². The highest BCUT2D eigenvalue weighted by atomic mass is 19.1. The molecule has 3 heteroatoms. The van der Waals surface area contributed by atoms with Crippen LogP contribution in [-0.4, -0.2) is 5.11 Å². The average Bonchev–Trinajstić information content (AvgIpc) is 2.39. The number of nitrogens with zero attached hydrogens (tertiary/aromatic N) is 1. The van der Waals surface area contributed by atoms with Crippen molar-refractivity contribution in [3.63, 3.8) is 0 Å². The third kappa shape index (κ3) is 2.55. The van der Waals surface area contributed by atoms with Crippen molar-refractivity contribution < 1.29 is 9.50 Å². The highest BCUT2D eigenvalue weighted by Crippen LogP contribution is 2.21. The van der Waals surface area contributed by atoms with Gasteiger partial charge in [-0.2, -0.15) is 5.26 Å². The molecule has 2 nitrogen and oxygen atoms in total. The number of hydrogen-bond acceptors (Lipinski definition) is 2. The van der Waals surface area contributed by atoms with Crippen LogP contribution in [0.1, 0.15) is 11.1 Å². The van der Waals surface area contributed by atoms with Crippen molar-refractivity contribution in [2.45, 2.75) is 0 Å². The van der Waals surface area contributed by atoms with Crippen LogP contribution in [0.2, 0.25) is 0 Å². The van der Waals surface area contributed by atoms with E-state index in [1.54, 1.807) is 36.4 Å². The Bertz CT molecular complexity index is 624. The Morgan fingerprint density at radius 2 is 1.78 bits per heavy atom. The molecule has 2 aromatic carbocycles. The summed E-state index contributed by atoms with van der Waals surface area (Å²) in [6, 6.07) is 14.5. The van der Waals surface area contributed by atoms with E-state index < -0.39 is 5.82 Å². The van der Waals surface area contributed by atoms with Crippen molar-refractivity contribution in [3.8, 4) is 11.8 Å². The fourth-order valence-corrected chi connectivity index (χ4v) is 1.59. The van der Waals surface area contributed by atoms with Crippen molar-refractivity contribution in [1.82, 2.24) is 0 Å². The molecule has 0 fully saturated rings. The number of hydrogen-bond donors (Lipinski definition) is 1. The van der Waals surface area contributed by atoms with Gasteiger partial charge in [-0.05, 0) is 29.8 Å². The van der Waals surface area contributed by atoms with E-state index in [4.69, 9.17) is 10.4 Å². The fourth-order valence-electron chi connectivity index (χ4n) is 1.59. The summed E-state index contributed by atoms with van der Waals surface area (Å²) < 4.78 is 13.6. The van der Waals surface area contributed by atoms with Crippen molar-refractivity contribution >= 4 is 11.6 Å². The molecule has 0 saturated carbocycles. The zero-order chi connectivity index (χ0) is 13.0. The van der Waals surface area contributed by atoms with Crippen LogP contribution in [0.15, 0.2) is 48.5 Å². The first-order valence-corrected chi connectivity index (χ1v) is 5.36. The van der Waals surface area contributed by atoms with Gasteiger partial charge in [0.25, 0.3) is 0 Å². The maximum Gasteiger partial charge on any atom is 0.131 e. The normalized spacial score (nSPS) is 11.0. The average molecular weight is 239 g/mol. The first-order valence-electron chi connectivity index (χ1n) is 5.36. The van der Waals surface area contributed by atoms with Crippen molar-refractivity contribution in [3.05, 3.63) is 65.5 Å². The lowest BCUT2D eigenvalue weighted by molar-refractivity contribution is 0.475. The third-order valence-electron chi connectivity index (χ3n) is 2.49. The first-order chi connectivity index (χ1) is 8.70. The van der Waals surface area contributed by atoms with E-state index in [0.717, 1.165) is 5.56 Å². The Hall–Kier alpha value is -2.60. The Labute approximate surface area is 104 Å². The van der Waals surface area contributed by atoms with Gasteiger partial charge in [-0.1, -0.05) is 30.3 Å². The number of halogens is 1. The lowest BCUT2D eigenvalue weighted by Gasteiger charge is -2.01. The van der Waals surface area contributed by atoms with Gasteiger partial charge in [-0.3, -0.25) is 0 Å². The molecule has 18 heavy (non-hydrogen) atoms. The largest absolute Gasteiger partial charge is 0.508 e. The Morgan fingerprint density at radius 1 is 1.11 bits per heavy atom. The predicted molar refractivity (Wildman–Crippen MR) is 68.0 cm³/mol. The quantitative estimate of drug-likeness (QED) is 0.642. The van der Waals surface area contributed by atoms with E-state index in [9.17, 15) is 4.39 Å². The minimum absolute atomic E-state index is 0.150. The summed E-state index contributed by atoms with van der Waals surface area (Å²) in [6.45, 7) is 0. The zero-order valence-corrected chi connectivity index (χ0v) is 9.47. The second-order valence-corrected chi connectivity index (χ2v) is 3.74. The number of allylic oxidation sites excluding steroid dienone is 1. The molecule has 0 aliphatic heterocycles. The molecule has 0 aromatic heterocycles. The van der Waals surface area contributed by atoms with Gasteiger partial charge in [-0.15, -0.1) is 0 Å². The molecular formula is C15H10FNO. The molecule has 0 amide bonds. The Balaban J connectivity index is 2.44. The second-order valence-electron chi connectivity index (χ2n) is 3.74. The second kappa shape index (κ2) is 5.15. The number of nitriles is 1. The van der Waals surface area contributed by atoms with Crippen LogP contribution in [0.5, 0.6) is 5.75 Å². The summed E-state index contributed by atoms with van der Waals surface area (Å²) in [6.07, 6.45) is 1.58. The van der Waals surface area contributed by atoms with Gasteiger partial charge < -0.3 is 5.11 Å². The predicted octanol–water partition coefficient (Wildman–Crippen LogP) is 3.60. The van der Waals surface area contributed by atoms with Gasteiger partial charge in [0.2, 0.25) is 0 Å². The number of phenols is 1. The summed E-state index contributed by atoms with van der Waals surface area (Å²) in [5, 5.41) is 18.2. The van der Waals surface area contributed by atoms with E-state index in [2.05, 4.69) is 0 Å². The molecule has 2 aromatic rings. The summed E-state index contributed by atoms with van der Waals surface area (Å²) in [5.41, 5.74) is 1.25. The number of benzene rings is 2. The van der Waals surface area contributed by atoms with Crippen LogP contribution in [0, 0.1) is 17.1 Å². The standard InChI is InChI=1S/C15H10FNO/c16-15-4-2-1-3-14(15)12(10-17)9-11-5-7-13(18)8-6-11/h1-9,18H/b12-9-. The van der Waals surface area contributed by atoms with Gasteiger partial charge in [0.15, 0.2) is 0 Å². The van der Waals surface area contributed by atoms with E-state index in [1.807, 2.05) is 6.07 Å². The molecule has 0 unspecified atom stereocenters. The maximum atomic E-state index is 13.6.